The Balaban J connectivity index is 1.79. The van der Waals surface area contributed by atoms with E-state index in [1.165, 1.54) is 13.3 Å². The number of aromatic nitrogens is 2. The fraction of sp³-hybridized carbons (Fsp3) is 0.500. The Kier molecular flexibility index (Phi) is 6.41. The van der Waals surface area contributed by atoms with Crippen LogP contribution in [0.5, 0.6) is 0 Å². The molecule has 0 spiro atoms. The maximum atomic E-state index is 12.7. The molecule has 0 unspecified atom stereocenters. The first-order valence-electron chi connectivity index (χ1n) is 9.63. The molecule has 1 heterocycles. The predicted octanol–water partition coefficient (Wildman–Crippen LogP) is 1.38. The average Bonchev–Trinajstić information content (AvgIpc) is 2.71. The van der Waals surface area contributed by atoms with Crippen LogP contribution in [0.4, 0.5) is 0 Å². The maximum absolute atomic E-state index is 12.7. The second kappa shape index (κ2) is 8.97. The van der Waals surface area contributed by atoms with Crippen molar-refractivity contribution in [2.45, 2.75) is 57.7 Å². The minimum absolute atomic E-state index is 0.0400. The minimum atomic E-state index is -0.979. The van der Waals surface area contributed by atoms with Crippen LogP contribution in [-0.2, 0) is 16.1 Å². The van der Waals surface area contributed by atoms with Crippen molar-refractivity contribution in [3.8, 4) is 0 Å². The van der Waals surface area contributed by atoms with Crippen LogP contribution in [0.25, 0.3) is 10.8 Å². The van der Waals surface area contributed by atoms with Crippen molar-refractivity contribution in [3.63, 3.8) is 0 Å². The van der Waals surface area contributed by atoms with Crippen LogP contribution in [0.1, 0.15) is 49.5 Å². The smallest absolute Gasteiger partial charge is 0.360 e. The molecule has 1 fully saturated rings. The molecule has 1 aliphatic rings. The van der Waals surface area contributed by atoms with Gasteiger partial charge in [0.15, 0.2) is 11.8 Å². The number of nitrogens with one attached hydrogen (secondary N) is 1. The molecular weight excluding hydrogens is 362 g/mol. The fourth-order valence-electron chi connectivity index (χ4n) is 3.47. The third-order valence-electron chi connectivity index (χ3n) is 4.98. The highest BCUT2D eigenvalue weighted by Crippen LogP contribution is 2.18. The summed E-state index contributed by atoms with van der Waals surface area (Å²) in [4.78, 5) is 37.5. The molecule has 0 saturated heterocycles. The number of ether oxygens (including phenoxy) is 1. The van der Waals surface area contributed by atoms with Gasteiger partial charge in [-0.2, -0.15) is 5.10 Å². The van der Waals surface area contributed by atoms with Gasteiger partial charge in [0.2, 0.25) is 0 Å². The van der Waals surface area contributed by atoms with Gasteiger partial charge in [-0.15, -0.1) is 0 Å². The lowest BCUT2D eigenvalue weighted by Crippen LogP contribution is -2.43. The zero-order valence-corrected chi connectivity index (χ0v) is 15.9. The fourth-order valence-corrected chi connectivity index (χ4v) is 3.47. The third-order valence-corrected chi connectivity index (χ3v) is 4.98. The number of esters is 1. The van der Waals surface area contributed by atoms with Gasteiger partial charge < -0.3 is 15.2 Å². The number of aliphatic hydroxyl groups excluding tert-OH is 1. The highest BCUT2D eigenvalue weighted by atomic mass is 16.5. The molecule has 8 nitrogen and oxygen atoms in total. The monoisotopic (exact) mass is 387 g/mol. The van der Waals surface area contributed by atoms with Gasteiger partial charge in [0.05, 0.1) is 18.5 Å². The third kappa shape index (κ3) is 4.39. The van der Waals surface area contributed by atoms with E-state index in [1.54, 1.807) is 24.3 Å². The van der Waals surface area contributed by atoms with E-state index in [2.05, 4.69) is 10.4 Å². The lowest BCUT2D eigenvalue weighted by atomic mass is 9.95. The van der Waals surface area contributed by atoms with Crippen molar-refractivity contribution in [1.29, 1.82) is 0 Å². The molecule has 2 N–H and O–H groups in total. The highest BCUT2D eigenvalue weighted by molar-refractivity contribution is 6.02. The van der Waals surface area contributed by atoms with E-state index in [4.69, 9.17) is 9.84 Å². The summed E-state index contributed by atoms with van der Waals surface area (Å²) < 4.78 is 6.36. The van der Waals surface area contributed by atoms with Gasteiger partial charge in [0, 0.05) is 11.4 Å². The number of carbonyl (C=O) groups excluding carboxylic acids is 2. The first-order valence-corrected chi connectivity index (χ1v) is 9.63. The zero-order valence-electron chi connectivity index (χ0n) is 15.9. The molecule has 1 atom stereocenters. The Hall–Kier alpha value is -2.74. The number of carbonyl (C=O) groups is 2. The van der Waals surface area contributed by atoms with Crippen LogP contribution >= 0.6 is 0 Å². The average molecular weight is 387 g/mol. The zero-order chi connectivity index (χ0) is 20.1. The molecule has 1 amide bonds. The number of nitrogens with zero attached hydrogens (tertiary/aromatic N) is 2. The number of aliphatic hydroxyl groups is 1. The SMILES string of the molecule is C[C@@H](OC(=O)c1nn(CCO)c(=O)c2ccccc12)C(=O)NC1CCCCC1. The van der Waals surface area contributed by atoms with Crippen LogP contribution < -0.4 is 10.9 Å². The Morgan fingerprint density at radius 3 is 2.61 bits per heavy atom. The first-order chi connectivity index (χ1) is 13.5. The molecule has 1 saturated carbocycles. The Morgan fingerprint density at radius 1 is 1.25 bits per heavy atom. The number of hydrogen-bond acceptors (Lipinski definition) is 6. The molecule has 0 radical (unpaired) electrons. The maximum Gasteiger partial charge on any atom is 0.360 e. The summed E-state index contributed by atoms with van der Waals surface area (Å²) in [5.74, 6) is -1.12. The van der Waals surface area contributed by atoms with Gasteiger partial charge >= 0.3 is 5.97 Å². The molecule has 0 aliphatic heterocycles. The van der Waals surface area contributed by atoms with Crippen LogP contribution in [0, 0.1) is 0 Å². The molecule has 1 aromatic carbocycles. The molecule has 8 heteroatoms. The van der Waals surface area contributed by atoms with Gasteiger partial charge in [0.1, 0.15) is 0 Å². The van der Waals surface area contributed by atoms with Crippen molar-refractivity contribution in [1.82, 2.24) is 15.1 Å². The van der Waals surface area contributed by atoms with E-state index >= 15 is 0 Å². The normalized spacial score (nSPS) is 15.9. The van der Waals surface area contributed by atoms with Crippen molar-refractivity contribution in [2.24, 2.45) is 0 Å². The molecule has 0 bridgehead atoms. The van der Waals surface area contributed by atoms with E-state index in [1.807, 2.05) is 0 Å². The van der Waals surface area contributed by atoms with Crippen molar-refractivity contribution >= 4 is 22.6 Å². The predicted molar refractivity (Wildman–Crippen MR) is 103 cm³/mol. The summed E-state index contributed by atoms with van der Waals surface area (Å²) in [6, 6.07) is 6.69. The van der Waals surface area contributed by atoms with Crippen LogP contribution in [0.2, 0.25) is 0 Å². The molecule has 3 rings (SSSR count). The van der Waals surface area contributed by atoms with Crippen molar-refractivity contribution < 1.29 is 19.4 Å². The largest absolute Gasteiger partial charge is 0.448 e. The molecule has 1 aromatic heterocycles. The number of hydrogen-bond donors (Lipinski definition) is 2. The standard InChI is InChI=1S/C20H25N3O5/c1-13(18(25)21-14-7-3-2-4-8-14)28-20(27)17-15-9-5-6-10-16(15)19(26)23(22-17)11-12-24/h5-6,9-10,13-14,24H,2-4,7-8,11-12H2,1H3,(H,21,25)/t13-/m1/s1. The first kappa shape index (κ1) is 20.0. The van der Waals surface area contributed by atoms with E-state index in [-0.39, 0.29) is 30.8 Å². The number of fused-ring (bicyclic) bond motifs is 1. The molecule has 28 heavy (non-hydrogen) atoms. The van der Waals surface area contributed by atoms with Crippen molar-refractivity contribution in [3.05, 3.63) is 40.3 Å². The topological polar surface area (TPSA) is 111 Å². The minimum Gasteiger partial charge on any atom is -0.448 e. The number of rotatable bonds is 6. The lowest BCUT2D eigenvalue weighted by molar-refractivity contribution is -0.130. The van der Waals surface area contributed by atoms with Crippen molar-refractivity contribution in [2.75, 3.05) is 6.61 Å². The molecule has 150 valence electrons. The van der Waals surface area contributed by atoms with Gasteiger partial charge in [0.25, 0.3) is 11.5 Å². The quantitative estimate of drug-likeness (QED) is 0.725. The molecule has 2 aromatic rings. The summed E-state index contributed by atoms with van der Waals surface area (Å²) >= 11 is 0. The summed E-state index contributed by atoms with van der Waals surface area (Å²) in [6.07, 6.45) is 4.24. The van der Waals surface area contributed by atoms with Gasteiger partial charge in [-0.05, 0) is 25.8 Å². The van der Waals surface area contributed by atoms with Gasteiger partial charge in [-0.1, -0.05) is 37.5 Å². The summed E-state index contributed by atoms with van der Waals surface area (Å²) in [7, 11) is 0. The Morgan fingerprint density at radius 2 is 1.93 bits per heavy atom. The highest BCUT2D eigenvalue weighted by Gasteiger charge is 2.25. The number of benzene rings is 1. The van der Waals surface area contributed by atoms with Gasteiger partial charge in [-0.25, -0.2) is 9.48 Å². The lowest BCUT2D eigenvalue weighted by Gasteiger charge is -2.24. The summed E-state index contributed by atoms with van der Waals surface area (Å²) in [5, 5.41) is 16.8. The van der Waals surface area contributed by atoms with E-state index in [0.29, 0.717) is 10.8 Å². The second-order valence-electron chi connectivity index (χ2n) is 7.04. The molecular formula is C20H25N3O5. The van der Waals surface area contributed by atoms with Crippen LogP contribution in [0.15, 0.2) is 29.1 Å². The summed E-state index contributed by atoms with van der Waals surface area (Å²) in [5.41, 5.74) is -0.453. The number of amides is 1. The van der Waals surface area contributed by atoms with Crippen LogP contribution in [0.3, 0.4) is 0 Å². The van der Waals surface area contributed by atoms with E-state index in [0.717, 1.165) is 30.4 Å². The van der Waals surface area contributed by atoms with E-state index in [9.17, 15) is 14.4 Å². The van der Waals surface area contributed by atoms with Crippen LogP contribution in [-0.4, -0.2) is 45.5 Å². The van der Waals surface area contributed by atoms with E-state index < -0.39 is 17.6 Å². The Bertz CT molecular complexity index is 918. The second-order valence-corrected chi connectivity index (χ2v) is 7.04. The van der Waals surface area contributed by atoms with Gasteiger partial charge in [-0.3, -0.25) is 9.59 Å². The Labute approximate surface area is 162 Å². The summed E-state index contributed by atoms with van der Waals surface area (Å²) in [6.45, 7) is 1.18. The molecule has 1 aliphatic carbocycles.